The number of likely N-dealkylation sites (N-methyl/N-ethyl adjacent to an activating group) is 1. The third-order valence-corrected chi connectivity index (χ3v) is 6.09. The molecule has 0 aliphatic heterocycles. The van der Waals surface area contributed by atoms with Crippen molar-refractivity contribution in [3.63, 3.8) is 0 Å². The highest BCUT2D eigenvalue weighted by atomic mass is 32.1. The average molecular weight is 349 g/mol. The number of hydrogen-bond donors (Lipinski definition) is 0. The van der Waals surface area contributed by atoms with Crippen molar-refractivity contribution in [2.24, 2.45) is 0 Å². The molecule has 128 valence electrons. The molecule has 0 N–H and O–H groups in total. The first-order valence-electron chi connectivity index (χ1n) is 8.65. The molecule has 2 nitrogen and oxygen atoms in total. The van der Waals surface area contributed by atoms with Crippen LogP contribution in [0.2, 0.25) is 0 Å². The van der Waals surface area contributed by atoms with Crippen molar-refractivity contribution < 1.29 is 4.74 Å². The third kappa shape index (κ3) is 3.04. The molecule has 0 fully saturated rings. The monoisotopic (exact) mass is 349 g/mol. The first-order valence-corrected chi connectivity index (χ1v) is 9.47. The largest absolute Gasteiger partial charge is 0.375 e. The number of benzene rings is 2. The van der Waals surface area contributed by atoms with E-state index < -0.39 is 0 Å². The van der Waals surface area contributed by atoms with Crippen molar-refractivity contribution in [3.05, 3.63) is 70.6 Å². The average Bonchev–Trinajstić information content (AvgIpc) is 3.00. The highest BCUT2D eigenvalue weighted by Gasteiger charge is 2.24. The number of methoxy groups -OCH3 is 1. The molecule has 0 saturated carbocycles. The van der Waals surface area contributed by atoms with Crippen LogP contribution in [0.3, 0.4) is 0 Å². The lowest BCUT2D eigenvalue weighted by molar-refractivity contribution is 0.0811. The summed E-state index contributed by atoms with van der Waals surface area (Å²) in [6, 6.07) is 19.9. The number of ether oxygens (including phenoxy) is 1. The fourth-order valence-electron chi connectivity index (χ4n) is 3.62. The zero-order valence-electron chi connectivity index (χ0n) is 15.0. The second-order valence-electron chi connectivity index (χ2n) is 6.87. The van der Waals surface area contributed by atoms with Gasteiger partial charge in [-0.2, -0.15) is 0 Å². The highest BCUT2D eigenvalue weighted by molar-refractivity contribution is 7.16. The van der Waals surface area contributed by atoms with Gasteiger partial charge in [0.05, 0.1) is 0 Å². The van der Waals surface area contributed by atoms with Crippen LogP contribution in [-0.2, 0) is 11.2 Å². The molecule has 3 aromatic rings. The second-order valence-corrected chi connectivity index (χ2v) is 7.95. The molecule has 0 saturated heterocycles. The SMILES string of the molecule is COC(CN(C)C)c1cc2c(s1)-c1ccccc1Cc1ccccc1-2. The summed E-state index contributed by atoms with van der Waals surface area (Å²) >= 11 is 1.88. The molecule has 1 aliphatic carbocycles. The van der Waals surface area contributed by atoms with Crippen LogP contribution in [0.15, 0.2) is 54.6 Å². The normalized spacial score (nSPS) is 13.8. The first-order chi connectivity index (χ1) is 12.2. The van der Waals surface area contributed by atoms with Crippen molar-refractivity contribution in [1.29, 1.82) is 0 Å². The maximum atomic E-state index is 5.80. The van der Waals surface area contributed by atoms with Crippen molar-refractivity contribution >= 4 is 11.3 Å². The molecule has 1 aromatic heterocycles. The number of hydrogen-bond acceptors (Lipinski definition) is 3. The van der Waals surface area contributed by atoms with E-state index in [0.29, 0.717) is 0 Å². The van der Waals surface area contributed by atoms with E-state index in [2.05, 4.69) is 73.6 Å². The molecular formula is C22H23NOS. The number of thiophene rings is 1. The Hall–Kier alpha value is -1.94. The first kappa shape index (κ1) is 16.5. The van der Waals surface area contributed by atoms with E-state index >= 15 is 0 Å². The molecule has 3 heteroatoms. The molecule has 0 spiro atoms. The molecule has 25 heavy (non-hydrogen) atoms. The van der Waals surface area contributed by atoms with Crippen molar-refractivity contribution in [3.8, 4) is 21.6 Å². The summed E-state index contributed by atoms with van der Waals surface area (Å²) in [4.78, 5) is 4.85. The summed E-state index contributed by atoms with van der Waals surface area (Å²) in [5, 5.41) is 0. The summed E-state index contributed by atoms with van der Waals surface area (Å²) in [7, 11) is 5.99. The topological polar surface area (TPSA) is 12.5 Å². The lowest BCUT2D eigenvalue weighted by Crippen LogP contribution is -2.20. The van der Waals surface area contributed by atoms with E-state index in [4.69, 9.17) is 4.74 Å². The number of nitrogens with zero attached hydrogens (tertiary/aromatic N) is 1. The predicted molar refractivity (Wildman–Crippen MR) is 106 cm³/mol. The van der Waals surface area contributed by atoms with Gasteiger partial charge in [-0.1, -0.05) is 48.5 Å². The molecule has 0 amide bonds. The zero-order chi connectivity index (χ0) is 17.4. The van der Waals surface area contributed by atoms with Gasteiger partial charge < -0.3 is 9.64 Å². The van der Waals surface area contributed by atoms with Crippen LogP contribution in [-0.4, -0.2) is 32.6 Å². The summed E-state index contributed by atoms with van der Waals surface area (Å²) in [6.07, 6.45) is 1.10. The Bertz CT molecular complexity index is 834. The van der Waals surface area contributed by atoms with Crippen LogP contribution in [0.4, 0.5) is 0 Å². The van der Waals surface area contributed by atoms with Gasteiger partial charge in [-0.25, -0.2) is 0 Å². The van der Waals surface area contributed by atoms with Crippen LogP contribution in [0.25, 0.3) is 21.6 Å². The Morgan fingerprint density at radius 1 is 0.960 bits per heavy atom. The summed E-state index contributed by atoms with van der Waals surface area (Å²) in [5.74, 6) is 0. The quantitative estimate of drug-likeness (QED) is 0.500. The third-order valence-electron chi connectivity index (χ3n) is 4.83. The number of rotatable bonds is 4. The van der Waals surface area contributed by atoms with Crippen LogP contribution in [0.5, 0.6) is 0 Å². The van der Waals surface area contributed by atoms with E-state index in [1.54, 1.807) is 7.11 Å². The lowest BCUT2D eigenvalue weighted by Gasteiger charge is -2.18. The maximum Gasteiger partial charge on any atom is 0.104 e. The highest BCUT2D eigenvalue weighted by Crippen LogP contribution is 2.46. The van der Waals surface area contributed by atoms with E-state index in [-0.39, 0.29) is 6.10 Å². The Labute approximate surface area is 153 Å². The Morgan fingerprint density at radius 2 is 1.60 bits per heavy atom. The zero-order valence-corrected chi connectivity index (χ0v) is 15.8. The summed E-state index contributed by atoms with van der Waals surface area (Å²) < 4.78 is 5.80. The van der Waals surface area contributed by atoms with Gasteiger partial charge in [-0.3, -0.25) is 0 Å². The number of fused-ring (bicyclic) bond motifs is 5. The predicted octanol–water partition coefficient (Wildman–Crippen LogP) is 5.24. The molecule has 0 bridgehead atoms. The maximum absolute atomic E-state index is 5.80. The van der Waals surface area contributed by atoms with Gasteiger partial charge >= 0.3 is 0 Å². The molecule has 4 rings (SSSR count). The van der Waals surface area contributed by atoms with E-state index in [0.717, 1.165) is 13.0 Å². The molecule has 1 unspecified atom stereocenters. The van der Waals surface area contributed by atoms with E-state index in [1.807, 2.05) is 11.3 Å². The minimum Gasteiger partial charge on any atom is -0.375 e. The smallest absolute Gasteiger partial charge is 0.104 e. The molecule has 1 heterocycles. The lowest BCUT2D eigenvalue weighted by atomic mass is 9.98. The summed E-state index contributed by atoms with van der Waals surface area (Å²) in [6.45, 7) is 0.888. The Balaban J connectivity index is 1.91. The van der Waals surface area contributed by atoms with Crippen molar-refractivity contribution in [1.82, 2.24) is 4.90 Å². The van der Waals surface area contributed by atoms with Crippen LogP contribution in [0, 0.1) is 0 Å². The molecular weight excluding hydrogens is 326 g/mol. The van der Waals surface area contributed by atoms with Gasteiger partial charge in [0.15, 0.2) is 0 Å². The Morgan fingerprint density at radius 3 is 2.28 bits per heavy atom. The fraction of sp³-hybridized carbons (Fsp3) is 0.273. The van der Waals surface area contributed by atoms with Gasteiger partial charge in [0.2, 0.25) is 0 Å². The van der Waals surface area contributed by atoms with Gasteiger partial charge in [0, 0.05) is 29.0 Å². The van der Waals surface area contributed by atoms with Crippen LogP contribution >= 0.6 is 11.3 Å². The van der Waals surface area contributed by atoms with Crippen LogP contribution < -0.4 is 0 Å². The van der Waals surface area contributed by atoms with E-state index in [9.17, 15) is 0 Å². The van der Waals surface area contributed by atoms with Gasteiger partial charge in [-0.05, 0) is 48.8 Å². The minimum absolute atomic E-state index is 0.103. The van der Waals surface area contributed by atoms with Gasteiger partial charge in [0.25, 0.3) is 0 Å². The molecule has 1 aliphatic rings. The summed E-state index contributed by atoms with van der Waals surface area (Å²) in [5.41, 5.74) is 6.88. The fourth-order valence-corrected chi connectivity index (χ4v) is 4.92. The van der Waals surface area contributed by atoms with Crippen LogP contribution in [0.1, 0.15) is 22.1 Å². The standard InChI is InChI=1S/C22H23NOS/c1-23(2)14-20(24-3)21-13-19-17-10-6-4-8-15(17)12-16-9-5-7-11-18(16)22(19)25-21/h4-11,13,20H,12,14H2,1-3H3. The van der Waals surface area contributed by atoms with Crippen molar-refractivity contribution in [2.45, 2.75) is 12.5 Å². The second kappa shape index (κ2) is 6.75. The minimum atomic E-state index is 0.103. The van der Waals surface area contributed by atoms with Gasteiger partial charge in [0.1, 0.15) is 6.10 Å². The Kier molecular flexibility index (Phi) is 4.46. The van der Waals surface area contributed by atoms with Gasteiger partial charge in [-0.15, -0.1) is 11.3 Å². The molecule has 2 aromatic carbocycles. The molecule has 0 radical (unpaired) electrons. The van der Waals surface area contributed by atoms with Crippen molar-refractivity contribution in [2.75, 3.05) is 27.7 Å². The van der Waals surface area contributed by atoms with E-state index in [1.165, 1.54) is 37.6 Å². The molecule has 1 atom stereocenters.